The Hall–Kier alpha value is -2.70. The maximum Gasteiger partial charge on any atom is 0.323 e. The van der Waals surface area contributed by atoms with Gasteiger partial charge in [-0.2, -0.15) is 0 Å². The molecule has 0 bridgehead atoms. The van der Waals surface area contributed by atoms with E-state index in [0.717, 1.165) is 12.0 Å². The van der Waals surface area contributed by atoms with Gasteiger partial charge in [0.15, 0.2) is 0 Å². The van der Waals surface area contributed by atoms with Crippen LogP contribution in [0.15, 0.2) is 60.7 Å². The molecule has 33 heavy (non-hydrogen) atoms. The summed E-state index contributed by atoms with van der Waals surface area (Å²) in [6, 6.07) is 18.8. The lowest BCUT2D eigenvalue weighted by molar-refractivity contribution is -0.149. The lowest BCUT2D eigenvalue weighted by atomic mass is 9.99. The van der Waals surface area contributed by atoms with Crippen molar-refractivity contribution < 1.29 is 19.1 Å². The van der Waals surface area contributed by atoms with E-state index in [9.17, 15) is 9.59 Å². The Morgan fingerprint density at radius 2 is 1.55 bits per heavy atom. The third kappa shape index (κ3) is 8.30. The van der Waals surface area contributed by atoms with Crippen molar-refractivity contribution in [3.05, 3.63) is 71.8 Å². The summed E-state index contributed by atoms with van der Waals surface area (Å²) in [5.74, 6) is -0.00840. The van der Waals surface area contributed by atoms with Gasteiger partial charge in [0, 0.05) is 13.1 Å². The molecule has 6 nitrogen and oxygen atoms in total. The van der Waals surface area contributed by atoms with E-state index in [-0.39, 0.29) is 24.4 Å². The minimum absolute atomic E-state index is 0.0267. The Morgan fingerprint density at radius 1 is 0.939 bits per heavy atom. The average molecular weight is 453 g/mol. The molecule has 6 heteroatoms. The molecule has 2 atom stereocenters. The summed E-state index contributed by atoms with van der Waals surface area (Å²) >= 11 is 0. The zero-order valence-electron chi connectivity index (χ0n) is 19.7. The summed E-state index contributed by atoms with van der Waals surface area (Å²) in [6.45, 7) is 6.62. The number of carbonyl (C=O) groups is 2. The van der Waals surface area contributed by atoms with E-state index in [4.69, 9.17) is 9.47 Å². The highest BCUT2D eigenvalue weighted by atomic mass is 16.5. The molecule has 2 aromatic carbocycles. The van der Waals surface area contributed by atoms with Crippen LogP contribution in [0.5, 0.6) is 0 Å². The Morgan fingerprint density at radius 3 is 2.15 bits per heavy atom. The second kappa shape index (κ2) is 13.1. The number of hydrogen-bond acceptors (Lipinski definition) is 5. The number of nitrogens with one attached hydrogen (secondary N) is 1. The number of nitrogens with zero attached hydrogens (tertiary/aromatic N) is 1. The molecule has 178 valence electrons. The fourth-order valence-electron chi connectivity index (χ4n) is 4.01. The van der Waals surface area contributed by atoms with Crippen molar-refractivity contribution in [2.45, 2.75) is 51.8 Å². The summed E-state index contributed by atoms with van der Waals surface area (Å²) in [5.41, 5.74) is 2.12. The standard InChI is InChI=1S/C27H36N2O4/c1-21(2)19-25(27(31)33-20-23-11-7-4-8-12-23)28-24(14-13-22-9-5-3-6-10-22)26(30)29-15-17-32-18-16-29/h3-12,21,24-25,28H,13-20H2,1-2H3/t24-,25+/m1/s1. The molecule has 1 amide bonds. The predicted octanol–water partition coefficient (Wildman–Crippen LogP) is 3.59. The summed E-state index contributed by atoms with van der Waals surface area (Å²) < 4.78 is 11.1. The topological polar surface area (TPSA) is 67.9 Å². The number of ether oxygens (including phenoxy) is 2. The van der Waals surface area contributed by atoms with Crippen molar-refractivity contribution >= 4 is 11.9 Å². The van der Waals surface area contributed by atoms with Gasteiger partial charge in [-0.3, -0.25) is 14.9 Å². The van der Waals surface area contributed by atoms with Crippen LogP contribution in [0.4, 0.5) is 0 Å². The first-order chi connectivity index (χ1) is 16.0. The van der Waals surface area contributed by atoms with Crippen molar-refractivity contribution in [1.82, 2.24) is 10.2 Å². The number of rotatable bonds is 11. The molecule has 0 radical (unpaired) electrons. The predicted molar refractivity (Wildman–Crippen MR) is 129 cm³/mol. The Kier molecular flexibility index (Phi) is 9.91. The van der Waals surface area contributed by atoms with Gasteiger partial charge in [-0.1, -0.05) is 74.5 Å². The molecule has 1 aliphatic rings. The first kappa shape index (κ1) is 24.9. The fourth-order valence-corrected chi connectivity index (χ4v) is 4.01. The molecule has 0 saturated carbocycles. The van der Waals surface area contributed by atoms with Crippen LogP contribution in [0.3, 0.4) is 0 Å². The lowest BCUT2D eigenvalue weighted by Crippen LogP contribution is -2.54. The maximum absolute atomic E-state index is 13.4. The van der Waals surface area contributed by atoms with Gasteiger partial charge in [0.25, 0.3) is 0 Å². The number of benzene rings is 2. The second-order valence-electron chi connectivity index (χ2n) is 8.96. The Bertz CT molecular complexity index is 851. The highest BCUT2D eigenvalue weighted by Gasteiger charge is 2.31. The molecule has 1 N–H and O–H groups in total. The third-order valence-electron chi connectivity index (χ3n) is 5.80. The van der Waals surface area contributed by atoms with Gasteiger partial charge in [-0.05, 0) is 36.3 Å². The van der Waals surface area contributed by atoms with Crippen LogP contribution < -0.4 is 5.32 Å². The zero-order chi connectivity index (χ0) is 23.5. The van der Waals surface area contributed by atoms with Crippen LogP contribution in [-0.2, 0) is 32.1 Å². The van der Waals surface area contributed by atoms with Crippen molar-refractivity contribution in [3.63, 3.8) is 0 Å². The number of aryl methyl sites for hydroxylation is 1. The van der Waals surface area contributed by atoms with Crippen molar-refractivity contribution in [1.29, 1.82) is 0 Å². The van der Waals surface area contributed by atoms with Crippen molar-refractivity contribution in [3.8, 4) is 0 Å². The van der Waals surface area contributed by atoms with E-state index in [1.807, 2.05) is 53.4 Å². The van der Waals surface area contributed by atoms with Crippen LogP contribution in [0, 0.1) is 5.92 Å². The monoisotopic (exact) mass is 452 g/mol. The van der Waals surface area contributed by atoms with Crippen LogP contribution >= 0.6 is 0 Å². The number of carbonyl (C=O) groups excluding carboxylic acids is 2. The van der Waals surface area contributed by atoms with E-state index in [2.05, 4.69) is 31.3 Å². The van der Waals surface area contributed by atoms with E-state index in [1.165, 1.54) is 5.56 Å². The quantitative estimate of drug-likeness (QED) is 0.528. The maximum atomic E-state index is 13.4. The zero-order valence-corrected chi connectivity index (χ0v) is 19.7. The first-order valence-corrected chi connectivity index (χ1v) is 11.9. The average Bonchev–Trinajstić information content (AvgIpc) is 2.85. The van der Waals surface area contributed by atoms with E-state index in [0.29, 0.717) is 39.1 Å². The SMILES string of the molecule is CC(C)C[C@H](N[C@H](CCc1ccccc1)C(=O)N1CCOCC1)C(=O)OCc1ccccc1. The molecular formula is C27H36N2O4. The molecule has 1 fully saturated rings. The van der Waals surface area contributed by atoms with Crippen molar-refractivity contribution in [2.75, 3.05) is 26.3 Å². The van der Waals surface area contributed by atoms with Gasteiger partial charge < -0.3 is 14.4 Å². The highest BCUT2D eigenvalue weighted by molar-refractivity contribution is 5.83. The van der Waals surface area contributed by atoms with Gasteiger partial charge in [-0.25, -0.2) is 0 Å². The summed E-state index contributed by atoms with van der Waals surface area (Å²) in [6.07, 6.45) is 1.97. The summed E-state index contributed by atoms with van der Waals surface area (Å²) in [5, 5.41) is 3.38. The van der Waals surface area contributed by atoms with Gasteiger partial charge >= 0.3 is 5.97 Å². The minimum atomic E-state index is -0.542. The molecule has 0 aromatic heterocycles. The molecule has 1 aliphatic heterocycles. The molecule has 1 heterocycles. The smallest absolute Gasteiger partial charge is 0.323 e. The molecule has 0 spiro atoms. The van der Waals surface area contributed by atoms with E-state index in [1.54, 1.807) is 0 Å². The molecule has 3 rings (SSSR count). The van der Waals surface area contributed by atoms with E-state index < -0.39 is 12.1 Å². The van der Waals surface area contributed by atoms with Crippen molar-refractivity contribution in [2.24, 2.45) is 5.92 Å². The van der Waals surface area contributed by atoms with Gasteiger partial charge in [0.05, 0.1) is 19.3 Å². The van der Waals surface area contributed by atoms with Gasteiger partial charge in [0.1, 0.15) is 12.6 Å². The number of amides is 1. The minimum Gasteiger partial charge on any atom is -0.460 e. The second-order valence-corrected chi connectivity index (χ2v) is 8.96. The van der Waals surface area contributed by atoms with Crippen LogP contribution in [0.1, 0.15) is 37.8 Å². The summed E-state index contributed by atoms with van der Waals surface area (Å²) in [7, 11) is 0. The lowest BCUT2D eigenvalue weighted by Gasteiger charge is -2.32. The summed E-state index contributed by atoms with van der Waals surface area (Å²) in [4.78, 5) is 28.3. The number of esters is 1. The Balaban J connectivity index is 1.70. The largest absolute Gasteiger partial charge is 0.460 e. The van der Waals surface area contributed by atoms with Gasteiger partial charge in [0.2, 0.25) is 5.91 Å². The Labute approximate surface area is 197 Å². The molecule has 2 aromatic rings. The molecule has 0 unspecified atom stereocenters. The van der Waals surface area contributed by atoms with Crippen LogP contribution in [-0.4, -0.2) is 55.2 Å². The fraction of sp³-hybridized carbons (Fsp3) is 0.481. The highest BCUT2D eigenvalue weighted by Crippen LogP contribution is 2.14. The molecule has 0 aliphatic carbocycles. The number of hydrogen-bond donors (Lipinski definition) is 1. The first-order valence-electron chi connectivity index (χ1n) is 11.9. The van der Waals surface area contributed by atoms with Gasteiger partial charge in [-0.15, -0.1) is 0 Å². The van der Waals surface area contributed by atoms with E-state index >= 15 is 0 Å². The molecule has 1 saturated heterocycles. The molecular weight excluding hydrogens is 416 g/mol. The number of morpholine rings is 1. The normalized spacial score (nSPS) is 15.8. The van der Waals surface area contributed by atoms with Crippen LogP contribution in [0.25, 0.3) is 0 Å². The third-order valence-corrected chi connectivity index (χ3v) is 5.80. The van der Waals surface area contributed by atoms with Crippen LogP contribution in [0.2, 0.25) is 0 Å².